The molecule has 0 atom stereocenters. The molecule has 1 aromatic rings. The number of rotatable bonds is 9. The highest BCUT2D eigenvalue weighted by atomic mass is 16.7. The zero-order valence-corrected chi connectivity index (χ0v) is 15.9. The molecule has 0 spiro atoms. The lowest BCUT2D eigenvalue weighted by atomic mass is 10.1. The van der Waals surface area contributed by atoms with E-state index in [1.807, 2.05) is 0 Å². The Labute approximate surface area is 171 Å². The fraction of sp³-hybridized carbons (Fsp3) is 0.368. The summed E-state index contributed by atoms with van der Waals surface area (Å²) in [6.45, 7) is 6.19. The maximum atomic E-state index is 11.9. The number of hydrogen-bond donors (Lipinski definition) is 2. The summed E-state index contributed by atoms with van der Waals surface area (Å²) < 4.78 is 4.61. The quantitative estimate of drug-likeness (QED) is 0.341. The van der Waals surface area contributed by atoms with Gasteiger partial charge < -0.3 is 20.0 Å². The smallest absolute Gasteiger partial charge is 0.359 e. The van der Waals surface area contributed by atoms with Crippen LogP contribution in [-0.4, -0.2) is 46.6 Å². The average molecular weight is 417 g/mol. The third-order valence-electron chi connectivity index (χ3n) is 4.02. The Morgan fingerprint density at radius 3 is 2.50 bits per heavy atom. The molecule has 0 aromatic heterocycles. The Morgan fingerprint density at radius 2 is 1.87 bits per heavy atom. The van der Waals surface area contributed by atoms with Crippen LogP contribution in [0.2, 0.25) is 0 Å². The number of nitrogens with one attached hydrogen (secondary N) is 1. The van der Waals surface area contributed by atoms with Crippen molar-refractivity contribution in [1.82, 2.24) is 10.4 Å². The molecular formula is C19H19N3O8. The fourth-order valence-corrected chi connectivity index (χ4v) is 2.52. The molecule has 11 heteroatoms. The monoisotopic (exact) mass is 417 g/mol. The van der Waals surface area contributed by atoms with E-state index in [2.05, 4.69) is 14.9 Å². The second-order valence-corrected chi connectivity index (χ2v) is 6.25. The van der Waals surface area contributed by atoms with E-state index in [1.54, 1.807) is 0 Å². The van der Waals surface area contributed by atoms with Gasteiger partial charge in [0.25, 0.3) is 11.8 Å². The Balaban J connectivity index is 1.71. The van der Waals surface area contributed by atoms with Crippen molar-refractivity contribution in [3.8, 4) is 5.75 Å². The lowest BCUT2D eigenvalue weighted by Crippen LogP contribution is -2.32. The normalized spacial score (nSPS) is 13.0. The minimum absolute atomic E-state index is 0.00398. The van der Waals surface area contributed by atoms with Crippen molar-refractivity contribution in [2.24, 2.45) is 0 Å². The van der Waals surface area contributed by atoms with Crippen LogP contribution in [0.4, 0.5) is 0 Å². The molecule has 1 heterocycles. The minimum atomic E-state index is -0.830. The molecule has 2 rings (SSSR count). The summed E-state index contributed by atoms with van der Waals surface area (Å²) in [6, 6.07) is 4.12. The lowest BCUT2D eigenvalue weighted by molar-refractivity contribution is -0.197. The summed E-state index contributed by atoms with van der Waals surface area (Å²) in [5, 5.41) is 12.9. The van der Waals surface area contributed by atoms with Crippen molar-refractivity contribution in [2.45, 2.75) is 38.6 Å². The van der Waals surface area contributed by atoms with Gasteiger partial charge in [-0.15, -0.1) is 5.06 Å². The molecule has 0 unspecified atom stereocenters. The molecule has 2 N–H and O–H groups in total. The number of ether oxygens (including phenoxy) is 1. The highest BCUT2D eigenvalue weighted by molar-refractivity contribution is 6.01. The van der Waals surface area contributed by atoms with Gasteiger partial charge in [0.15, 0.2) is 0 Å². The maximum absolute atomic E-state index is 11.9. The first-order chi connectivity index (χ1) is 14.3. The van der Waals surface area contributed by atoms with Gasteiger partial charge in [0, 0.05) is 32.2 Å². The van der Waals surface area contributed by atoms with E-state index in [9.17, 15) is 29.1 Å². The molecule has 3 amide bonds. The van der Waals surface area contributed by atoms with E-state index < -0.39 is 30.5 Å². The fourth-order valence-electron chi connectivity index (χ4n) is 2.52. The molecule has 30 heavy (non-hydrogen) atoms. The molecule has 158 valence electrons. The van der Waals surface area contributed by atoms with Gasteiger partial charge in [-0.25, -0.2) is 16.2 Å². The second-order valence-electron chi connectivity index (χ2n) is 6.25. The zero-order valence-electron chi connectivity index (χ0n) is 15.9. The number of phenols is 1. The topological polar surface area (TPSA) is 144 Å². The Bertz CT molecular complexity index is 890. The summed E-state index contributed by atoms with van der Waals surface area (Å²) in [6.07, 6.45) is 0.0229. The average Bonchev–Trinajstić information content (AvgIpc) is 3.02. The molecular weight excluding hydrogens is 398 g/mol. The van der Waals surface area contributed by atoms with Crippen LogP contribution in [0.5, 0.6) is 5.75 Å². The van der Waals surface area contributed by atoms with Gasteiger partial charge in [0.1, 0.15) is 11.3 Å². The highest BCUT2D eigenvalue weighted by Crippen LogP contribution is 2.20. The van der Waals surface area contributed by atoms with E-state index >= 15 is 0 Å². The van der Waals surface area contributed by atoms with Crippen LogP contribution in [0.3, 0.4) is 0 Å². The van der Waals surface area contributed by atoms with Crippen LogP contribution in [0.1, 0.15) is 48.0 Å². The van der Waals surface area contributed by atoms with Crippen LogP contribution >= 0.6 is 0 Å². The summed E-state index contributed by atoms with van der Waals surface area (Å²) in [5.74, 6) is -3.46. The van der Waals surface area contributed by atoms with Gasteiger partial charge in [0.2, 0.25) is 5.91 Å². The van der Waals surface area contributed by atoms with E-state index in [0.29, 0.717) is 10.6 Å². The number of carbonyl (C=O) groups is 5. The molecule has 1 aliphatic heterocycles. The summed E-state index contributed by atoms with van der Waals surface area (Å²) in [4.78, 5) is 65.5. The lowest BCUT2D eigenvalue weighted by Gasteiger charge is -2.12. The highest BCUT2D eigenvalue weighted by Gasteiger charge is 2.32. The molecule has 11 nitrogen and oxygen atoms in total. The first-order valence-corrected chi connectivity index (χ1v) is 8.97. The van der Waals surface area contributed by atoms with Crippen molar-refractivity contribution in [3.63, 3.8) is 0 Å². The predicted molar refractivity (Wildman–Crippen MR) is 97.9 cm³/mol. The Morgan fingerprint density at radius 1 is 1.17 bits per heavy atom. The maximum Gasteiger partial charge on any atom is 0.359 e. The first-order valence-electron chi connectivity index (χ1n) is 8.97. The van der Waals surface area contributed by atoms with Gasteiger partial charge in [-0.05, 0) is 24.1 Å². The standard InChI is InChI=1S/C19H19N3O8/c1-20-11-29-19(28)13-6-5-12(9-14(13)23)10-21-15(24)3-2-4-18(27)30-22-16(25)7-8-17(22)26/h5-6,9,23H,2-4,7-8,10-11H2,(H,21,24). The van der Waals surface area contributed by atoms with E-state index in [0.717, 1.165) is 0 Å². The molecule has 0 saturated carbocycles. The van der Waals surface area contributed by atoms with Crippen molar-refractivity contribution in [2.75, 3.05) is 6.73 Å². The van der Waals surface area contributed by atoms with Crippen LogP contribution in [0, 0.1) is 6.57 Å². The molecule has 1 aromatic carbocycles. The number of hydrogen-bond acceptors (Lipinski definition) is 8. The number of nitrogens with zero attached hydrogens (tertiary/aromatic N) is 2. The summed E-state index contributed by atoms with van der Waals surface area (Å²) >= 11 is 0. The molecule has 1 saturated heterocycles. The number of amides is 3. The third kappa shape index (κ3) is 6.30. The molecule has 1 aliphatic rings. The Kier molecular flexibility index (Phi) is 7.87. The van der Waals surface area contributed by atoms with Crippen LogP contribution in [0.25, 0.3) is 4.85 Å². The SMILES string of the molecule is [C-]#[N+]COC(=O)c1ccc(CNC(=O)CCCC(=O)ON2C(=O)CCC2=O)cc1O. The number of esters is 1. The number of aromatic hydroxyl groups is 1. The van der Waals surface area contributed by atoms with Crippen LogP contribution < -0.4 is 5.32 Å². The first kappa shape index (κ1) is 22.4. The Hall–Kier alpha value is -3.94. The van der Waals surface area contributed by atoms with Crippen LogP contribution in [0.15, 0.2) is 18.2 Å². The van der Waals surface area contributed by atoms with Crippen molar-refractivity contribution < 1.29 is 38.7 Å². The van der Waals surface area contributed by atoms with Gasteiger partial charge in [-0.3, -0.25) is 19.2 Å². The third-order valence-corrected chi connectivity index (χ3v) is 4.02. The van der Waals surface area contributed by atoms with Crippen molar-refractivity contribution >= 4 is 29.7 Å². The van der Waals surface area contributed by atoms with E-state index in [1.165, 1.54) is 18.2 Å². The molecule has 0 bridgehead atoms. The number of imide groups is 1. The van der Waals surface area contributed by atoms with E-state index in [-0.39, 0.29) is 55.9 Å². The molecule has 1 fully saturated rings. The summed E-state index contributed by atoms with van der Waals surface area (Å²) in [5.41, 5.74) is 0.426. The number of phenolic OH excluding ortho intramolecular Hbond substituents is 1. The molecule has 0 aliphatic carbocycles. The predicted octanol–water partition coefficient (Wildman–Crippen LogP) is 0.819. The summed E-state index contributed by atoms with van der Waals surface area (Å²) in [7, 11) is 0. The second kappa shape index (κ2) is 10.6. The number of hydroxylamine groups is 2. The van der Waals surface area contributed by atoms with Gasteiger partial charge >= 0.3 is 18.7 Å². The number of carbonyl (C=O) groups excluding carboxylic acids is 5. The zero-order chi connectivity index (χ0) is 22.1. The van der Waals surface area contributed by atoms with Gasteiger partial charge in [-0.1, -0.05) is 6.07 Å². The minimum Gasteiger partial charge on any atom is -0.507 e. The van der Waals surface area contributed by atoms with Gasteiger partial charge in [0.05, 0.1) is 0 Å². The largest absolute Gasteiger partial charge is 0.507 e. The van der Waals surface area contributed by atoms with E-state index in [4.69, 9.17) is 11.4 Å². The van der Waals surface area contributed by atoms with Crippen molar-refractivity contribution in [3.05, 3.63) is 40.7 Å². The van der Waals surface area contributed by atoms with Gasteiger partial charge in [-0.2, -0.15) is 0 Å². The molecule has 0 radical (unpaired) electrons. The number of benzene rings is 1. The van der Waals surface area contributed by atoms with Crippen molar-refractivity contribution in [1.29, 1.82) is 0 Å². The van der Waals surface area contributed by atoms with Crippen LogP contribution in [-0.2, 0) is 35.3 Å².